The molecule has 2 amide bonds. The Kier molecular flexibility index (Phi) is 7.56. The molecule has 2 atom stereocenters. The Hall–Kier alpha value is -3.64. The largest absolute Gasteiger partial charge is 0.369 e. The fourth-order valence-corrected chi connectivity index (χ4v) is 5.73. The van der Waals surface area contributed by atoms with Crippen LogP contribution in [0.5, 0.6) is 0 Å². The molecule has 1 saturated heterocycles. The van der Waals surface area contributed by atoms with E-state index in [4.69, 9.17) is 0 Å². The van der Waals surface area contributed by atoms with Gasteiger partial charge in [-0.1, -0.05) is 61.5 Å². The molecular formula is C31H36N4O2. The van der Waals surface area contributed by atoms with Crippen molar-refractivity contribution in [3.05, 3.63) is 90.5 Å². The number of nitrogens with zero attached hydrogens (tertiary/aromatic N) is 4. The summed E-state index contributed by atoms with van der Waals surface area (Å²) in [5.74, 6) is 0.217. The number of amides is 2. The molecule has 0 aromatic heterocycles. The average molecular weight is 497 g/mol. The third kappa shape index (κ3) is 5.25. The number of carbonyl (C=O) groups is 2. The van der Waals surface area contributed by atoms with Gasteiger partial charge in [0.2, 0.25) is 11.8 Å². The zero-order valence-corrected chi connectivity index (χ0v) is 21.8. The Morgan fingerprint density at radius 2 is 1.46 bits per heavy atom. The second-order valence-corrected chi connectivity index (χ2v) is 9.97. The summed E-state index contributed by atoms with van der Waals surface area (Å²) in [6, 6.07) is 28.4. The van der Waals surface area contributed by atoms with Gasteiger partial charge in [-0.2, -0.15) is 0 Å². The van der Waals surface area contributed by atoms with Crippen molar-refractivity contribution in [3.8, 4) is 0 Å². The monoisotopic (exact) mass is 496 g/mol. The van der Waals surface area contributed by atoms with Crippen LogP contribution >= 0.6 is 0 Å². The van der Waals surface area contributed by atoms with Crippen molar-refractivity contribution < 1.29 is 9.59 Å². The van der Waals surface area contributed by atoms with Gasteiger partial charge in [0.05, 0.1) is 12.6 Å². The van der Waals surface area contributed by atoms with E-state index in [2.05, 4.69) is 47.1 Å². The number of para-hydroxylation sites is 3. The summed E-state index contributed by atoms with van der Waals surface area (Å²) < 4.78 is 0. The Balaban J connectivity index is 1.39. The van der Waals surface area contributed by atoms with Gasteiger partial charge in [0.25, 0.3) is 0 Å². The molecule has 2 heterocycles. The van der Waals surface area contributed by atoms with Crippen LogP contribution in [0.4, 0.5) is 17.1 Å². The van der Waals surface area contributed by atoms with Crippen LogP contribution in [0, 0.1) is 0 Å². The molecule has 0 unspecified atom stereocenters. The summed E-state index contributed by atoms with van der Waals surface area (Å²) in [6.45, 7) is 7.87. The SMILES string of the molecule is CCC(=O)N1c2ccccc2[C@H](N(C(=O)CN2CCN(c3ccccc3)CC2)c2ccccc2)C[C@H]1C. The van der Waals surface area contributed by atoms with Crippen LogP contribution in [-0.4, -0.2) is 55.5 Å². The molecule has 3 aromatic rings. The molecule has 6 heteroatoms. The first kappa shape index (κ1) is 25.0. The first-order valence-electron chi connectivity index (χ1n) is 13.4. The minimum Gasteiger partial charge on any atom is -0.369 e. The number of hydrogen-bond donors (Lipinski definition) is 0. The van der Waals surface area contributed by atoms with Crippen molar-refractivity contribution >= 4 is 28.9 Å². The lowest BCUT2D eigenvalue weighted by molar-refractivity contribution is -0.120. The topological polar surface area (TPSA) is 47.1 Å². The van der Waals surface area contributed by atoms with Crippen molar-refractivity contribution in [1.82, 2.24) is 4.90 Å². The van der Waals surface area contributed by atoms with Crippen molar-refractivity contribution in [2.24, 2.45) is 0 Å². The van der Waals surface area contributed by atoms with Crippen molar-refractivity contribution in [1.29, 1.82) is 0 Å². The maximum Gasteiger partial charge on any atom is 0.241 e. The molecule has 0 spiro atoms. The zero-order chi connectivity index (χ0) is 25.8. The fraction of sp³-hybridized carbons (Fsp3) is 0.355. The number of piperazine rings is 1. The predicted octanol–water partition coefficient (Wildman–Crippen LogP) is 5.12. The quantitative estimate of drug-likeness (QED) is 0.475. The molecule has 0 aliphatic carbocycles. The van der Waals surface area contributed by atoms with E-state index in [-0.39, 0.29) is 23.9 Å². The molecule has 5 rings (SSSR count). The molecule has 1 fully saturated rings. The lowest BCUT2D eigenvalue weighted by Crippen LogP contribution is -2.52. The summed E-state index contributed by atoms with van der Waals surface area (Å²) in [5, 5.41) is 0. The summed E-state index contributed by atoms with van der Waals surface area (Å²) in [4.78, 5) is 35.4. The fourth-order valence-electron chi connectivity index (χ4n) is 5.73. The van der Waals surface area contributed by atoms with Gasteiger partial charge < -0.3 is 14.7 Å². The smallest absolute Gasteiger partial charge is 0.241 e. The highest BCUT2D eigenvalue weighted by atomic mass is 16.2. The van der Waals surface area contributed by atoms with Crippen molar-refractivity contribution in [2.45, 2.75) is 38.8 Å². The number of benzene rings is 3. The van der Waals surface area contributed by atoms with Gasteiger partial charge in [0, 0.05) is 55.7 Å². The second-order valence-electron chi connectivity index (χ2n) is 9.97. The summed E-state index contributed by atoms with van der Waals surface area (Å²) in [5.41, 5.74) is 4.09. The van der Waals surface area contributed by atoms with Crippen molar-refractivity contribution in [2.75, 3.05) is 47.4 Å². The second kappa shape index (κ2) is 11.2. The van der Waals surface area contributed by atoms with Gasteiger partial charge in [-0.05, 0) is 49.2 Å². The maximum absolute atomic E-state index is 14.0. The van der Waals surface area contributed by atoms with E-state index in [0.717, 1.165) is 43.1 Å². The highest BCUT2D eigenvalue weighted by Crippen LogP contribution is 2.42. The van der Waals surface area contributed by atoms with Crippen LogP contribution in [0.2, 0.25) is 0 Å². The van der Waals surface area contributed by atoms with Crippen LogP contribution in [0.3, 0.4) is 0 Å². The lowest BCUT2D eigenvalue weighted by atomic mass is 9.89. The van der Waals surface area contributed by atoms with Gasteiger partial charge in [-0.15, -0.1) is 0 Å². The zero-order valence-electron chi connectivity index (χ0n) is 21.8. The van der Waals surface area contributed by atoms with Crippen LogP contribution in [0.15, 0.2) is 84.9 Å². The Labute approximate surface area is 220 Å². The molecule has 0 radical (unpaired) electrons. The van der Waals surface area contributed by atoms with Gasteiger partial charge in [-0.3, -0.25) is 14.5 Å². The van der Waals surface area contributed by atoms with Gasteiger partial charge in [0.15, 0.2) is 0 Å². The Morgan fingerprint density at radius 1 is 0.838 bits per heavy atom. The molecule has 0 saturated carbocycles. The number of anilines is 3. The molecule has 37 heavy (non-hydrogen) atoms. The molecule has 3 aromatic carbocycles. The van der Waals surface area contributed by atoms with E-state index in [9.17, 15) is 9.59 Å². The van der Waals surface area contributed by atoms with Gasteiger partial charge in [-0.25, -0.2) is 0 Å². The highest BCUT2D eigenvalue weighted by Gasteiger charge is 2.38. The van der Waals surface area contributed by atoms with Crippen LogP contribution < -0.4 is 14.7 Å². The third-order valence-corrected chi connectivity index (χ3v) is 7.60. The minimum absolute atomic E-state index is 0.000722. The molecule has 2 aliphatic rings. The molecular weight excluding hydrogens is 460 g/mol. The summed E-state index contributed by atoms with van der Waals surface area (Å²) >= 11 is 0. The number of hydrogen-bond acceptors (Lipinski definition) is 4. The van der Waals surface area contributed by atoms with E-state index in [1.807, 2.05) is 71.3 Å². The van der Waals surface area contributed by atoms with E-state index >= 15 is 0 Å². The van der Waals surface area contributed by atoms with E-state index in [0.29, 0.717) is 19.4 Å². The van der Waals surface area contributed by atoms with Crippen LogP contribution in [0.1, 0.15) is 38.3 Å². The number of fused-ring (bicyclic) bond motifs is 1. The summed E-state index contributed by atoms with van der Waals surface area (Å²) in [7, 11) is 0. The molecule has 192 valence electrons. The molecule has 6 nitrogen and oxygen atoms in total. The van der Waals surface area contributed by atoms with Gasteiger partial charge >= 0.3 is 0 Å². The Bertz CT molecular complexity index is 1210. The minimum atomic E-state index is -0.132. The first-order valence-corrected chi connectivity index (χ1v) is 13.4. The van der Waals surface area contributed by atoms with E-state index < -0.39 is 0 Å². The average Bonchev–Trinajstić information content (AvgIpc) is 2.94. The third-order valence-electron chi connectivity index (χ3n) is 7.60. The predicted molar refractivity (Wildman–Crippen MR) is 150 cm³/mol. The number of carbonyl (C=O) groups excluding carboxylic acids is 2. The van der Waals surface area contributed by atoms with Crippen LogP contribution in [-0.2, 0) is 9.59 Å². The lowest BCUT2D eigenvalue weighted by Gasteiger charge is -2.44. The number of rotatable bonds is 6. The molecule has 2 aliphatic heterocycles. The Morgan fingerprint density at radius 3 is 2.14 bits per heavy atom. The standard InChI is InChI=1S/C31H36N4O2/c1-3-30(36)34-24(2)22-29(27-16-10-11-17-28(27)34)35(26-14-8-5-9-15-26)31(37)23-32-18-20-33(21-19-32)25-12-6-4-7-13-25/h4-17,24,29H,3,18-23H2,1-2H3/t24-,29-/m1/s1. The molecule has 0 N–H and O–H groups in total. The first-order chi connectivity index (χ1) is 18.1. The normalized spacial score (nSPS) is 19.8. The summed E-state index contributed by atoms with van der Waals surface area (Å²) in [6.07, 6.45) is 1.16. The van der Waals surface area contributed by atoms with Crippen LogP contribution in [0.25, 0.3) is 0 Å². The van der Waals surface area contributed by atoms with E-state index in [1.54, 1.807) is 0 Å². The van der Waals surface area contributed by atoms with Crippen molar-refractivity contribution in [3.63, 3.8) is 0 Å². The highest BCUT2D eigenvalue weighted by molar-refractivity contribution is 5.98. The van der Waals surface area contributed by atoms with Gasteiger partial charge in [0.1, 0.15) is 0 Å². The maximum atomic E-state index is 14.0. The molecule has 0 bridgehead atoms. The van der Waals surface area contributed by atoms with E-state index in [1.165, 1.54) is 5.69 Å².